The average Bonchev–Trinajstić information content (AvgIpc) is 3.42. The summed E-state index contributed by atoms with van der Waals surface area (Å²) in [5.74, 6) is 0. The standard InChI is InChI=1S/C13H9.C9H7.2C4H9.Nb/c1-3-7-12-10(5-1)9-11-6-2-4-8-13(11)12;1-2-5-9-7-3-6-8(9)4-1;2*1-3-4-2;/h1-5,7-8H,9H2;1-7H;2*1,3-4H2,2H3;. The average molecular weight is 488 g/mol. The Labute approximate surface area is 191 Å². The van der Waals surface area contributed by atoms with Gasteiger partial charge in [-0.15, -0.1) is 0 Å². The molecule has 0 N–H and O–H groups in total. The minimum absolute atomic E-state index is 0.669. The van der Waals surface area contributed by atoms with Crippen molar-refractivity contribution in [2.24, 2.45) is 0 Å². The van der Waals surface area contributed by atoms with Crippen LogP contribution in [-0.2, 0) is 23.5 Å². The number of hydrogen-bond acceptors (Lipinski definition) is 0. The van der Waals surface area contributed by atoms with Crippen LogP contribution in [0, 0.1) is 0 Å². The van der Waals surface area contributed by atoms with Crippen molar-refractivity contribution >= 4 is 9.86 Å². The van der Waals surface area contributed by atoms with Gasteiger partial charge in [-0.25, -0.2) is 0 Å². The molecule has 0 nitrogen and oxygen atoms in total. The van der Waals surface area contributed by atoms with Crippen LogP contribution >= 0.6 is 0 Å². The van der Waals surface area contributed by atoms with E-state index in [-0.39, 0.29) is 0 Å². The summed E-state index contributed by atoms with van der Waals surface area (Å²) in [4.78, 5) is 0. The van der Waals surface area contributed by atoms with Gasteiger partial charge in [0.1, 0.15) is 0 Å². The topological polar surface area (TPSA) is 0 Å². The Hall–Kier alpha value is -1.86. The van der Waals surface area contributed by atoms with Crippen molar-refractivity contribution in [3.05, 3.63) is 95.1 Å². The first kappa shape index (κ1) is 21.0. The first-order chi connectivity index (χ1) is 15.3. The van der Waals surface area contributed by atoms with E-state index in [1.807, 2.05) is 3.78 Å². The van der Waals surface area contributed by atoms with Crippen LogP contribution in [-0.4, -0.2) is 0 Å². The summed E-state index contributed by atoms with van der Waals surface area (Å²) in [6, 6.07) is 25.7. The van der Waals surface area contributed by atoms with Gasteiger partial charge in [0.15, 0.2) is 0 Å². The van der Waals surface area contributed by atoms with E-state index in [4.69, 9.17) is 0 Å². The van der Waals surface area contributed by atoms with Crippen molar-refractivity contribution < 1.29 is 17.1 Å². The SMILES string of the molecule is CCC[CH2][Nb]([CH2]CCC)([c]1cccc2c1Cc1ccccc1-2)[CH]1C=Cc2ccccc21. The van der Waals surface area contributed by atoms with E-state index in [1.54, 1.807) is 11.1 Å². The van der Waals surface area contributed by atoms with Gasteiger partial charge < -0.3 is 0 Å². The molecule has 1 unspecified atom stereocenters. The van der Waals surface area contributed by atoms with E-state index in [2.05, 4.69) is 92.7 Å². The molecule has 3 aromatic carbocycles. The van der Waals surface area contributed by atoms with Crippen LogP contribution < -0.4 is 3.78 Å². The molecule has 2 aliphatic rings. The number of benzene rings is 3. The van der Waals surface area contributed by atoms with Gasteiger partial charge in [0.2, 0.25) is 0 Å². The molecule has 2 aliphatic carbocycles. The van der Waals surface area contributed by atoms with Crippen LogP contribution in [0.25, 0.3) is 17.2 Å². The van der Waals surface area contributed by atoms with E-state index in [9.17, 15) is 0 Å². The fraction of sp³-hybridized carbons (Fsp3) is 0.333. The van der Waals surface area contributed by atoms with Gasteiger partial charge >= 0.3 is 193 Å². The van der Waals surface area contributed by atoms with Crippen LogP contribution in [0.4, 0.5) is 0 Å². The molecule has 3 aromatic rings. The first-order valence-corrected chi connectivity index (χ1v) is 17.6. The van der Waals surface area contributed by atoms with Crippen molar-refractivity contribution in [3.63, 3.8) is 0 Å². The molecule has 0 saturated heterocycles. The van der Waals surface area contributed by atoms with Crippen LogP contribution in [0.2, 0.25) is 9.28 Å². The molecule has 0 bridgehead atoms. The third-order valence-electron chi connectivity index (χ3n) is 7.43. The van der Waals surface area contributed by atoms with E-state index in [0.717, 1.165) is 6.42 Å². The van der Waals surface area contributed by atoms with Crippen molar-refractivity contribution in [1.82, 2.24) is 0 Å². The van der Waals surface area contributed by atoms with Crippen LogP contribution in [0.15, 0.2) is 72.8 Å². The van der Waals surface area contributed by atoms with Gasteiger partial charge in [-0.2, -0.15) is 0 Å². The van der Waals surface area contributed by atoms with Crippen molar-refractivity contribution in [2.45, 2.75) is 59.4 Å². The predicted octanol–water partition coefficient (Wildman–Crippen LogP) is 8.24. The summed E-state index contributed by atoms with van der Waals surface area (Å²) in [5.41, 5.74) is 9.29. The second-order valence-electron chi connectivity index (χ2n) is 9.26. The predicted molar refractivity (Wildman–Crippen MR) is 132 cm³/mol. The van der Waals surface area contributed by atoms with Gasteiger partial charge in [0.25, 0.3) is 0 Å². The van der Waals surface area contributed by atoms with Gasteiger partial charge in [0.05, 0.1) is 0 Å². The number of hydrogen-bond donors (Lipinski definition) is 0. The molecule has 1 atom stereocenters. The van der Waals surface area contributed by atoms with E-state index < -0.39 is 17.1 Å². The molecule has 0 saturated carbocycles. The maximum absolute atomic E-state index is 2.69. The van der Waals surface area contributed by atoms with Crippen molar-refractivity contribution in [1.29, 1.82) is 0 Å². The van der Waals surface area contributed by atoms with E-state index in [1.165, 1.54) is 57.2 Å². The molecule has 0 aromatic heterocycles. The normalized spacial score (nSPS) is 16.3. The summed E-state index contributed by atoms with van der Waals surface area (Å²) in [6.07, 6.45) is 11.5. The number of unbranched alkanes of at least 4 members (excludes halogenated alkanes) is 2. The number of fused-ring (bicyclic) bond motifs is 4. The van der Waals surface area contributed by atoms with E-state index in [0.29, 0.717) is 4.14 Å². The summed E-state index contributed by atoms with van der Waals surface area (Å²) >= 11 is -2.69. The molecule has 0 radical (unpaired) electrons. The van der Waals surface area contributed by atoms with Gasteiger partial charge in [-0.3, -0.25) is 0 Å². The van der Waals surface area contributed by atoms with Crippen LogP contribution in [0.5, 0.6) is 0 Å². The minimum atomic E-state index is -2.69. The quantitative estimate of drug-likeness (QED) is 0.220. The van der Waals surface area contributed by atoms with Crippen molar-refractivity contribution in [2.75, 3.05) is 0 Å². The molecule has 31 heavy (non-hydrogen) atoms. The van der Waals surface area contributed by atoms with E-state index >= 15 is 0 Å². The molecular weight excluding hydrogens is 453 g/mol. The Balaban J connectivity index is 1.70. The second-order valence-corrected chi connectivity index (χ2v) is 19.1. The molecular formula is C30H34Nb. The van der Waals surface area contributed by atoms with Gasteiger partial charge in [0, 0.05) is 0 Å². The molecule has 5 rings (SSSR count). The maximum atomic E-state index is 2.61. The zero-order valence-electron chi connectivity index (χ0n) is 19.0. The Bertz CT molecular complexity index is 1100. The molecule has 0 fully saturated rings. The van der Waals surface area contributed by atoms with Crippen LogP contribution in [0.1, 0.15) is 65.9 Å². The number of rotatable bonds is 8. The molecule has 0 amide bonds. The van der Waals surface area contributed by atoms with Gasteiger partial charge in [-0.1, -0.05) is 0 Å². The summed E-state index contributed by atoms with van der Waals surface area (Å²) in [6.45, 7) is 4.75. The fourth-order valence-electron chi connectivity index (χ4n) is 5.88. The van der Waals surface area contributed by atoms with Crippen molar-refractivity contribution in [3.8, 4) is 11.1 Å². The molecule has 0 aliphatic heterocycles. The third-order valence-corrected chi connectivity index (χ3v) is 20.0. The zero-order valence-corrected chi connectivity index (χ0v) is 21.2. The Morgan fingerprint density at radius 3 is 2.29 bits per heavy atom. The fourth-order valence-corrected chi connectivity index (χ4v) is 19.7. The van der Waals surface area contributed by atoms with Crippen LogP contribution in [0.3, 0.4) is 0 Å². The molecule has 1 heteroatoms. The zero-order chi connectivity index (χ0) is 21.3. The Morgan fingerprint density at radius 2 is 1.48 bits per heavy atom. The van der Waals surface area contributed by atoms with Gasteiger partial charge in [-0.05, 0) is 0 Å². The first-order valence-electron chi connectivity index (χ1n) is 12.1. The summed E-state index contributed by atoms with van der Waals surface area (Å²) < 4.78 is 5.42. The molecule has 159 valence electrons. The summed E-state index contributed by atoms with van der Waals surface area (Å²) in [7, 11) is 0. The Kier molecular flexibility index (Phi) is 6.06. The number of allylic oxidation sites excluding steroid dienone is 1. The monoisotopic (exact) mass is 487 g/mol. The Morgan fingerprint density at radius 1 is 0.774 bits per heavy atom. The molecule has 0 heterocycles. The summed E-state index contributed by atoms with van der Waals surface area (Å²) in [5, 5.41) is 0. The molecule has 0 spiro atoms. The second kappa shape index (κ2) is 8.94. The third kappa shape index (κ3) is 3.59.